The minimum Gasteiger partial charge on any atom is -0.490 e. The molecular weight excluding hydrogens is 432 g/mol. The fourth-order valence-corrected chi connectivity index (χ4v) is 3.91. The van der Waals surface area contributed by atoms with Gasteiger partial charge in [-0.15, -0.1) is 0 Å². The number of rotatable bonds is 10. The molecule has 0 atom stereocenters. The number of nitrogens with zero attached hydrogens (tertiary/aromatic N) is 2. The van der Waals surface area contributed by atoms with Crippen LogP contribution in [0.3, 0.4) is 0 Å². The van der Waals surface area contributed by atoms with Crippen molar-refractivity contribution in [2.75, 3.05) is 25.1 Å². The molecule has 0 saturated heterocycles. The summed E-state index contributed by atoms with van der Waals surface area (Å²) in [7, 11) is 0. The third-order valence-electron chi connectivity index (χ3n) is 5.51. The second-order valence-electron chi connectivity index (χ2n) is 7.91. The fraction of sp³-hybridized carbons (Fsp3) is 0.385. The van der Waals surface area contributed by atoms with Crippen LogP contribution in [0.25, 0.3) is 0 Å². The molecule has 0 aliphatic carbocycles. The zero-order valence-electron chi connectivity index (χ0n) is 20.2. The minimum atomic E-state index is 0.590. The Morgan fingerprint density at radius 3 is 2.45 bits per heavy atom. The van der Waals surface area contributed by atoms with Gasteiger partial charge in [0.25, 0.3) is 0 Å². The van der Waals surface area contributed by atoms with Crippen LogP contribution in [-0.2, 0) is 13.0 Å². The Morgan fingerprint density at radius 2 is 1.73 bits per heavy atom. The first kappa shape index (κ1) is 24.6. The molecule has 0 saturated carbocycles. The van der Waals surface area contributed by atoms with E-state index in [9.17, 15) is 0 Å². The molecule has 0 bridgehead atoms. The van der Waals surface area contributed by atoms with E-state index in [1.54, 1.807) is 0 Å². The number of anilines is 1. The van der Waals surface area contributed by atoms with Crippen LogP contribution < -0.4 is 20.1 Å². The zero-order chi connectivity index (χ0) is 23.8. The van der Waals surface area contributed by atoms with Crippen molar-refractivity contribution in [3.63, 3.8) is 0 Å². The summed E-state index contributed by atoms with van der Waals surface area (Å²) >= 11 is 5.55. The molecule has 33 heavy (non-hydrogen) atoms. The van der Waals surface area contributed by atoms with Crippen LogP contribution >= 0.6 is 12.2 Å². The van der Waals surface area contributed by atoms with Gasteiger partial charge in [0.15, 0.2) is 16.6 Å². The summed E-state index contributed by atoms with van der Waals surface area (Å²) in [5.74, 6) is 1.56. The van der Waals surface area contributed by atoms with E-state index in [1.165, 1.54) is 11.1 Å². The summed E-state index contributed by atoms with van der Waals surface area (Å²) in [6.45, 7) is 12.8. The summed E-state index contributed by atoms with van der Waals surface area (Å²) < 4.78 is 13.4. The van der Waals surface area contributed by atoms with Gasteiger partial charge in [0.05, 0.1) is 36.8 Å². The predicted molar refractivity (Wildman–Crippen MR) is 139 cm³/mol. The van der Waals surface area contributed by atoms with E-state index in [4.69, 9.17) is 26.8 Å². The molecule has 0 aliphatic rings. The molecule has 7 heteroatoms. The standard InChI is InChI=1S/C26H34N4O2S/c1-6-31-23-13-12-21(16-24(23)32-7-2)14-15-27-26(33)28-25-19(4)29-30(20(25)5)17-22-11-9-8-10-18(22)3/h8-13,16H,6-7,14-15,17H2,1-5H3,(H2,27,28,33). The van der Waals surface area contributed by atoms with Crippen LogP contribution in [0.1, 0.15) is 41.9 Å². The SMILES string of the molecule is CCOc1ccc(CCNC(=S)Nc2c(C)nn(Cc3ccccc3C)c2C)cc1OCC. The molecule has 0 fully saturated rings. The van der Waals surface area contributed by atoms with Crippen molar-refractivity contribution < 1.29 is 9.47 Å². The van der Waals surface area contributed by atoms with E-state index in [1.807, 2.05) is 37.6 Å². The average Bonchev–Trinajstić information content (AvgIpc) is 3.04. The van der Waals surface area contributed by atoms with Crippen molar-refractivity contribution in [1.29, 1.82) is 0 Å². The summed E-state index contributed by atoms with van der Waals surface area (Å²) in [6.07, 6.45) is 0.818. The average molecular weight is 467 g/mol. The topological polar surface area (TPSA) is 60.3 Å². The molecule has 2 N–H and O–H groups in total. The smallest absolute Gasteiger partial charge is 0.170 e. The van der Waals surface area contributed by atoms with E-state index in [2.05, 4.69) is 54.8 Å². The summed E-state index contributed by atoms with van der Waals surface area (Å²) in [4.78, 5) is 0. The Hall–Kier alpha value is -3.06. The fourth-order valence-electron chi connectivity index (χ4n) is 3.71. The molecule has 3 aromatic rings. The lowest BCUT2D eigenvalue weighted by Gasteiger charge is -2.14. The highest BCUT2D eigenvalue weighted by Crippen LogP contribution is 2.28. The van der Waals surface area contributed by atoms with Gasteiger partial charge in [-0.3, -0.25) is 4.68 Å². The molecule has 0 amide bonds. The maximum absolute atomic E-state index is 5.72. The number of ether oxygens (including phenoxy) is 2. The van der Waals surface area contributed by atoms with Gasteiger partial charge in [-0.05, 0) is 82.1 Å². The number of hydrogen-bond acceptors (Lipinski definition) is 4. The third kappa shape index (κ3) is 6.48. The van der Waals surface area contributed by atoms with Crippen molar-refractivity contribution >= 4 is 23.0 Å². The van der Waals surface area contributed by atoms with Gasteiger partial charge in [0, 0.05) is 6.54 Å². The van der Waals surface area contributed by atoms with E-state index in [-0.39, 0.29) is 0 Å². The molecular formula is C26H34N4O2S. The minimum absolute atomic E-state index is 0.590. The third-order valence-corrected chi connectivity index (χ3v) is 5.75. The second-order valence-corrected chi connectivity index (χ2v) is 8.32. The Bertz CT molecular complexity index is 1090. The van der Waals surface area contributed by atoms with Crippen molar-refractivity contribution in [1.82, 2.24) is 15.1 Å². The molecule has 0 aliphatic heterocycles. The van der Waals surface area contributed by atoms with Crippen molar-refractivity contribution in [3.05, 3.63) is 70.5 Å². The molecule has 0 spiro atoms. The van der Waals surface area contributed by atoms with Crippen LogP contribution in [0.5, 0.6) is 11.5 Å². The van der Waals surface area contributed by atoms with Crippen LogP contribution in [0.4, 0.5) is 5.69 Å². The number of aromatic nitrogens is 2. The van der Waals surface area contributed by atoms with E-state index in [0.717, 1.165) is 47.1 Å². The first-order valence-corrected chi connectivity index (χ1v) is 11.9. The summed E-state index contributed by atoms with van der Waals surface area (Å²) in [5.41, 5.74) is 6.64. The maximum Gasteiger partial charge on any atom is 0.170 e. The second kappa shape index (κ2) is 11.7. The number of thiocarbonyl (C=S) groups is 1. The van der Waals surface area contributed by atoms with Gasteiger partial charge in [-0.25, -0.2) is 0 Å². The van der Waals surface area contributed by atoms with Crippen LogP contribution in [0.2, 0.25) is 0 Å². The van der Waals surface area contributed by atoms with Gasteiger partial charge in [-0.1, -0.05) is 30.3 Å². The lowest BCUT2D eigenvalue weighted by molar-refractivity contribution is 0.287. The summed E-state index contributed by atoms with van der Waals surface area (Å²) in [5, 5.41) is 11.9. The molecule has 6 nitrogen and oxygen atoms in total. The number of benzene rings is 2. The molecule has 3 rings (SSSR count). The highest BCUT2D eigenvalue weighted by Gasteiger charge is 2.14. The highest BCUT2D eigenvalue weighted by molar-refractivity contribution is 7.80. The van der Waals surface area contributed by atoms with Gasteiger partial charge < -0.3 is 20.1 Å². The Labute approximate surface area is 202 Å². The Morgan fingerprint density at radius 1 is 1.00 bits per heavy atom. The summed E-state index contributed by atoms with van der Waals surface area (Å²) in [6, 6.07) is 14.5. The molecule has 1 aromatic heterocycles. The van der Waals surface area contributed by atoms with Gasteiger partial charge in [0.2, 0.25) is 0 Å². The first-order chi connectivity index (χ1) is 15.9. The monoisotopic (exact) mass is 466 g/mol. The van der Waals surface area contributed by atoms with E-state index < -0.39 is 0 Å². The Balaban J connectivity index is 1.58. The van der Waals surface area contributed by atoms with Gasteiger partial charge >= 0.3 is 0 Å². The van der Waals surface area contributed by atoms with E-state index in [0.29, 0.717) is 24.9 Å². The number of hydrogen-bond donors (Lipinski definition) is 2. The molecule has 2 aromatic carbocycles. The maximum atomic E-state index is 5.72. The predicted octanol–water partition coefficient (Wildman–Crippen LogP) is 5.18. The highest BCUT2D eigenvalue weighted by atomic mass is 32.1. The van der Waals surface area contributed by atoms with Crippen molar-refractivity contribution in [3.8, 4) is 11.5 Å². The lowest BCUT2D eigenvalue weighted by Crippen LogP contribution is -2.30. The normalized spacial score (nSPS) is 10.7. The van der Waals surface area contributed by atoms with Crippen LogP contribution in [0, 0.1) is 20.8 Å². The van der Waals surface area contributed by atoms with Crippen molar-refractivity contribution in [2.24, 2.45) is 0 Å². The van der Waals surface area contributed by atoms with E-state index >= 15 is 0 Å². The van der Waals surface area contributed by atoms with Crippen LogP contribution in [0.15, 0.2) is 42.5 Å². The Kier molecular flexibility index (Phi) is 8.72. The molecule has 0 radical (unpaired) electrons. The lowest BCUT2D eigenvalue weighted by atomic mass is 10.1. The molecule has 176 valence electrons. The van der Waals surface area contributed by atoms with Gasteiger partial charge in [0.1, 0.15) is 0 Å². The van der Waals surface area contributed by atoms with Gasteiger partial charge in [-0.2, -0.15) is 5.10 Å². The van der Waals surface area contributed by atoms with Crippen molar-refractivity contribution in [2.45, 2.75) is 47.6 Å². The van der Waals surface area contributed by atoms with Crippen LogP contribution in [-0.4, -0.2) is 34.7 Å². The number of aryl methyl sites for hydroxylation is 2. The molecule has 0 unspecified atom stereocenters. The zero-order valence-corrected chi connectivity index (χ0v) is 21.0. The number of nitrogens with one attached hydrogen (secondary N) is 2. The first-order valence-electron chi connectivity index (χ1n) is 11.4. The quantitative estimate of drug-likeness (QED) is 0.401. The largest absolute Gasteiger partial charge is 0.490 e. The molecule has 1 heterocycles.